The minimum atomic E-state index is -0.388. The first-order valence-corrected chi connectivity index (χ1v) is 14.2. The molecule has 1 aromatic heterocycles. The Morgan fingerprint density at radius 3 is 2.44 bits per heavy atom. The molecule has 0 N–H and O–H groups in total. The highest BCUT2D eigenvalue weighted by Gasteiger charge is 2.30. The Morgan fingerprint density at radius 2 is 1.74 bits per heavy atom. The quantitative estimate of drug-likeness (QED) is 0.256. The number of hydrogen-bond donors (Lipinski definition) is 0. The molecule has 1 saturated heterocycles. The fourth-order valence-electron chi connectivity index (χ4n) is 5.44. The van der Waals surface area contributed by atoms with Crippen molar-refractivity contribution in [1.29, 1.82) is 0 Å². The molecule has 4 aromatic rings. The zero-order valence-electron chi connectivity index (χ0n) is 22.6. The Bertz CT molecular complexity index is 1490. The smallest absolute Gasteiger partial charge is 0.261 e. The van der Waals surface area contributed by atoms with Crippen molar-refractivity contribution in [2.75, 3.05) is 26.2 Å². The van der Waals surface area contributed by atoms with Crippen molar-refractivity contribution in [1.82, 2.24) is 19.4 Å². The normalized spacial score (nSPS) is 14.5. The van der Waals surface area contributed by atoms with E-state index in [1.807, 2.05) is 66.4 Å². The maximum Gasteiger partial charge on any atom is 0.261 e. The third-order valence-corrected chi connectivity index (χ3v) is 7.84. The van der Waals surface area contributed by atoms with Gasteiger partial charge in [-0.1, -0.05) is 66.6 Å². The average molecular weight is 543 g/mol. The van der Waals surface area contributed by atoms with Gasteiger partial charge in [0.1, 0.15) is 5.82 Å². The van der Waals surface area contributed by atoms with E-state index in [2.05, 4.69) is 11.8 Å². The van der Waals surface area contributed by atoms with Crippen molar-refractivity contribution >= 4 is 28.4 Å². The molecular weight excluding hydrogens is 508 g/mol. The molecule has 1 atom stereocenters. The van der Waals surface area contributed by atoms with Crippen molar-refractivity contribution in [3.63, 3.8) is 0 Å². The van der Waals surface area contributed by atoms with Gasteiger partial charge in [0.15, 0.2) is 0 Å². The second kappa shape index (κ2) is 12.1. The monoisotopic (exact) mass is 542 g/mol. The van der Waals surface area contributed by atoms with Crippen molar-refractivity contribution in [2.24, 2.45) is 0 Å². The van der Waals surface area contributed by atoms with Crippen LogP contribution in [0.15, 0.2) is 77.6 Å². The summed E-state index contributed by atoms with van der Waals surface area (Å²) < 4.78 is 1.74. The zero-order chi connectivity index (χ0) is 27.4. The van der Waals surface area contributed by atoms with Crippen LogP contribution in [0.4, 0.5) is 0 Å². The summed E-state index contributed by atoms with van der Waals surface area (Å²) in [6.07, 6.45) is 2.99. The van der Waals surface area contributed by atoms with E-state index < -0.39 is 0 Å². The van der Waals surface area contributed by atoms with Gasteiger partial charge in [0.05, 0.1) is 23.5 Å². The summed E-state index contributed by atoms with van der Waals surface area (Å²) in [6, 6.07) is 22.4. The number of amides is 1. The number of benzene rings is 3. The molecule has 0 bridgehead atoms. The van der Waals surface area contributed by atoms with Crippen LogP contribution in [0.3, 0.4) is 0 Å². The van der Waals surface area contributed by atoms with Gasteiger partial charge in [-0.3, -0.25) is 14.2 Å². The van der Waals surface area contributed by atoms with Crippen molar-refractivity contribution in [2.45, 2.75) is 45.7 Å². The van der Waals surface area contributed by atoms with E-state index in [-0.39, 0.29) is 17.5 Å². The molecule has 1 amide bonds. The molecule has 0 saturated carbocycles. The second-order valence-corrected chi connectivity index (χ2v) is 10.8. The largest absolute Gasteiger partial charge is 0.327 e. The molecule has 202 valence electrons. The molecule has 0 spiro atoms. The molecule has 1 aliphatic heterocycles. The van der Waals surface area contributed by atoms with Crippen LogP contribution in [0.2, 0.25) is 5.02 Å². The lowest BCUT2D eigenvalue weighted by atomic mass is 10.1. The summed E-state index contributed by atoms with van der Waals surface area (Å²) in [5.74, 6) is 0.538. The molecule has 1 fully saturated rings. The van der Waals surface area contributed by atoms with E-state index in [1.54, 1.807) is 22.8 Å². The van der Waals surface area contributed by atoms with Crippen LogP contribution in [0.1, 0.15) is 59.5 Å². The molecule has 1 unspecified atom stereocenters. The van der Waals surface area contributed by atoms with Gasteiger partial charge in [0.25, 0.3) is 11.5 Å². The number of carbonyl (C=O) groups is 1. The van der Waals surface area contributed by atoms with E-state index in [0.29, 0.717) is 46.8 Å². The number of aromatic nitrogens is 2. The highest BCUT2D eigenvalue weighted by Crippen LogP contribution is 2.27. The van der Waals surface area contributed by atoms with Crippen LogP contribution in [0.25, 0.3) is 10.9 Å². The van der Waals surface area contributed by atoms with Gasteiger partial charge in [-0.15, -0.1) is 0 Å². The summed E-state index contributed by atoms with van der Waals surface area (Å²) in [5, 5.41) is 1.04. The van der Waals surface area contributed by atoms with Gasteiger partial charge < -0.3 is 9.80 Å². The molecule has 1 aliphatic rings. The van der Waals surface area contributed by atoms with E-state index >= 15 is 0 Å². The molecule has 6 nitrogen and oxygen atoms in total. The van der Waals surface area contributed by atoms with Gasteiger partial charge in [-0.05, 0) is 75.2 Å². The maximum atomic E-state index is 14.1. The van der Waals surface area contributed by atoms with Gasteiger partial charge in [-0.25, -0.2) is 4.98 Å². The lowest BCUT2D eigenvalue weighted by molar-refractivity contribution is 0.0635. The van der Waals surface area contributed by atoms with Crippen LogP contribution in [-0.2, 0) is 6.54 Å². The summed E-state index contributed by atoms with van der Waals surface area (Å²) in [5.41, 5.74) is 3.16. The van der Waals surface area contributed by atoms with Crippen molar-refractivity contribution < 1.29 is 4.79 Å². The van der Waals surface area contributed by atoms with E-state index in [1.165, 1.54) is 12.8 Å². The Kier molecular flexibility index (Phi) is 8.44. The predicted molar refractivity (Wildman–Crippen MR) is 157 cm³/mol. The summed E-state index contributed by atoms with van der Waals surface area (Å²) in [7, 11) is 0. The van der Waals surface area contributed by atoms with Gasteiger partial charge >= 0.3 is 0 Å². The fourth-order valence-corrected chi connectivity index (χ4v) is 5.61. The third kappa shape index (κ3) is 6.07. The van der Waals surface area contributed by atoms with E-state index in [4.69, 9.17) is 16.6 Å². The van der Waals surface area contributed by atoms with Gasteiger partial charge in [-0.2, -0.15) is 0 Å². The molecule has 0 radical (unpaired) electrons. The number of rotatable bonds is 9. The summed E-state index contributed by atoms with van der Waals surface area (Å²) in [4.78, 5) is 37.4. The SMILES string of the molecule is CCC(c1nc2cc(Cl)ccc2c(=O)n1Cc1ccccc1)N(CCN1CCCC1)C(=O)c1ccc(C)cc1. The fraction of sp³-hybridized carbons (Fsp3) is 0.344. The Labute approximate surface area is 234 Å². The minimum absolute atomic E-state index is 0.0484. The minimum Gasteiger partial charge on any atom is -0.327 e. The molecule has 3 aromatic carbocycles. The zero-order valence-corrected chi connectivity index (χ0v) is 23.4. The maximum absolute atomic E-state index is 14.1. The molecular formula is C32H35ClN4O2. The number of aryl methyl sites for hydroxylation is 1. The highest BCUT2D eigenvalue weighted by atomic mass is 35.5. The van der Waals surface area contributed by atoms with Gasteiger partial charge in [0, 0.05) is 23.7 Å². The first kappa shape index (κ1) is 27.1. The van der Waals surface area contributed by atoms with Crippen molar-refractivity contribution in [3.05, 3.63) is 111 Å². The molecule has 2 heterocycles. The Hall–Kier alpha value is -3.48. The average Bonchev–Trinajstić information content (AvgIpc) is 3.47. The first-order chi connectivity index (χ1) is 18.9. The van der Waals surface area contributed by atoms with Crippen LogP contribution in [0, 0.1) is 6.92 Å². The Balaban J connectivity index is 1.63. The lowest BCUT2D eigenvalue weighted by Crippen LogP contribution is -2.42. The van der Waals surface area contributed by atoms with Crippen molar-refractivity contribution in [3.8, 4) is 0 Å². The second-order valence-electron chi connectivity index (χ2n) is 10.3. The summed E-state index contributed by atoms with van der Waals surface area (Å²) >= 11 is 6.32. The molecule has 7 heteroatoms. The molecule has 0 aliphatic carbocycles. The van der Waals surface area contributed by atoms with Crippen LogP contribution >= 0.6 is 11.6 Å². The number of carbonyl (C=O) groups excluding carboxylic acids is 1. The standard InChI is InChI=1S/C32H35ClN4O2/c1-3-29(36(20-19-35-17-7-8-18-35)31(38)25-13-11-23(2)12-14-25)30-34-28-21-26(33)15-16-27(28)32(39)37(30)22-24-9-5-4-6-10-24/h4-6,9-16,21,29H,3,7-8,17-20,22H2,1-2H3. The number of likely N-dealkylation sites (tertiary alicyclic amines) is 1. The number of halogens is 1. The van der Waals surface area contributed by atoms with Gasteiger partial charge in [0.2, 0.25) is 0 Å². The van der Waals surface area contributed by atoms with Crippen LogP contribution in [0.5, 0.6) is 0 Å². The number of fused-ring (bicyclic) bond motifs is 1. The summed E-state index contributed by atoms with van der Waals surface area (Å²) in [6.45, 7) is 7.88. The first-order valence-electron chi connectivity index (χ1n) is 13.8. The topological polar surface area (TPSA) is 58.4 Å². The predicted octanol–water partition coefficient (Wildman–Crippen LogP) is 6.10. The highest BCUT2D eigenvalue weighted by molar-refractivity contribution is 6.31. The number of hydrogen-bond acceptors (Lipinski definition) is 4. The number of nitrogens with zero attached hydrogens (tertiary/aromatic N) is 4. The molecule has 39 heavy (non-hydrogen) atoms. The van der Waals surface area contributed by atoms with Crippen LogP contribution < -0.4 is 5.56 Å². The molecule has 5 rings (SSSR count). The third-order valence-electron chi connectivity index (χ3n) is 7.61. The lowest BCUT2D eigenvalue weighted by Gasteiger charge is -2.34. The Morgan fingerprint density at radius 1 is 1.03 bits per heavy atom. The van der Waals surface area contributed by atoms with E-state index in [0.717, 1.165) is 30.8 Å². The van der Waals surface area contributed by atoms with E-state index in [9.17, 15) is 9.59 Å². The van der Waals surface area contributed by atoms with Crippen LogP contribution in [-0.4, -0.2) is 51.4 Å².